The molecule has 0 saturated heterocycles. The number of carbonyl (C=O) groups excluding carboxylic acids is 1. The summed E-state index contributed by atoms with van der Waals surface area (Å²) in [5.74, 6) is -0.200. The largest absolute Gasteiger partial charge is 0.466 e. The van der Waals surface area contributed by atoms with Crippen molar-refractivity contribution in [3.8, 4) is 0 Å². The monoisotopic (exact) mass is 289 g/mol. The average molecular weight is 290 g/mol. The van der Waals surface area contributed by atoms with Crippen LogP contribution in [0.4, 0.5) is 0 Å². The number of hydrogen-bond acceptors (Lipinski definition) is 3. The zero-order valence-corrected chi connectivity index (χ0v) is 12.0. The highest BCUT2D eigenvalue weighted by Gasteiger charge is 2.10. The first kappa shape index (κ1) is 15.3. The smallest absolute Gasteiger partial charge is 0.307 e. The molecule has 0 radical (unpaired) electrons. The molecule has 100 valence electrons. The fourth-order valence-corrected chi connectivity index (χ4v) is 2.04. The van der Waals surface area contributed by atoms with E-state index in [2.05, 4.69) is 5.32 Å². The van der Waals surface area contributed by atoms with E-state index in [4.69, 9.17) is 27.9 Å². The van der Waals surface area contributed by atoms with E-state index in [1.807, 2.05) is 13.0 Å². The molecule has 18 heavy (non-hydrogen) atoms. The molecule has 0 bridgehead atoms. The molecule has 1 aromatic carbocycles. The van der Waals surface area contributed by atoms with E-state index >= 15 is 0 Å². The van der Waals surface area contributed by atoms with Gasteiger partial charge < -0.3 is 10.1 Å². The molecule has 1 atom stereocenters. The lowest BCUT2D eigenvalue weighted by atomic mass is 10.1. The lowest BCUT2D eigenvalue weighted by molar-refractivity contribution is -0.143. The Morgan fingerprint density at radius 3 is 2.83 bits per heavy atom. The van der Waals surface area contributed by atoms with Crippen LogP contribution in [0.5, 0.6) is 0 Å². The summed E-state index contributed by atoms with van der Waals surface area (Å²) < 4.78 is 4.85. The summed E-state index contributed by atoms with van der Waals surface area (Å²) in [6, 6.07) is 5.37. The highest BCUT2D eigenvalue weighted by Crippen LogP contribution is 2.25. The maximum absolute atomic E-state index is 11.2. The van der Waals surface area contributed by atoms with Crippen LogP contribution >= 0.6 is 23.2 Å². The van der Waals surface area contributed by atoms with Crippen LogP contribution in [0.1, 0.15) is 31.9 Å². The van der Waals surface area contributed by atoms with Crippen molar-refractivity contribution in [1.82, 2.24) is 5.32 Å². The fourth-order valence-electron chi connectivity index (χ4n) is 1.58. The molecule has 5 heteroatoms. The van der Waals surface area contributed by atoms with E-state index in [0.29, 0.717) is 29.6 Å². The zero-order chi connectivity index (χ0) is 13.5. The Kier molecular flexibility index (Phi) is 6.47. The van der Waals surface area contributed by atoms with E-state index in [1.165, 1.54) is 0 Å². The Bertz CT molecular complexity index is 410. The van der Waals surface area contributed by atoms with Crippen molar-refractivity contribution in [3.05, 3.63) is 33.8 Å². The Morgan fingerprint density at radius 1 is 1.44 bits per heavy atom. The minimum Gasteiger partial charge on any atom is -0.466 e. The molecule has 1 unspecified atom stereocenters. The average Bonchev–Trinajstić information content (AvgIpc) is 2.32. The van der Waals surface area contributed by atoms with Crippen LogP contribution in [-0.4, -0.2) is 19.1 Å². The lowest BCUT2D eigenvalue weighted by Gasteiger charge is -2.15. The number of nitrogens with one attached hydrogen (secondary N) is 1. The summed E-state index contributed by atoms with van der Waals surface area (Å²) in [7, 11) is 0. The molecule has 0 aliphatic rings. The van der Waals surface area contributed by atoms with Gasteiger partial charge in [-0.1, -0.05) is 23.2 Å². The van der Waals surface area contributed by atoms with Crippen LogP contribution in [0.2, 0.25) is 10.0 Å². The SMILES string of the molecule is CCOC(=O)CCNC(C)c1cc(Cl)ccc1Cl. The first-order valence-corrected chi connectivity index (χ1v) is 6.64. The maximum Gasteiger partial charge on any atom is 0.307 e. The Labute approximate surface area is 117 Å². The third kappa shape index (κ3) is 4.84. The molecular formula is C13H17Cl2NO2. The second-order valence-corrected chi connectivity index (χ2v) is 4.74. The Balaban J connectivity index is 2.47. The maximum atomic E-state index is 11.2. The lowest BCUT2D eigenvalue weighted by Crippen LogP contribution is -2.23. The summed E-state index contributed by atoms with van der Waals surface area (Å²) >= 11 is 12.0. The minimum absolute atomic E-state index is 0.0330. The van der Waals surface area contributed by atoms with Crippen LogP contribution in [0, 0.1) is 0 Å². The summed E-state index contributed by atoms with van der Waals surface area (Å²) in [6.07, 6.45) is 0.344. The van der Waals surface area contributed by atoms with E-state index in [9.17, 15) is 4.79 Å². The molecule has 1 N–H and O–H groups in total. The van der Waals surface area contributed by atoms with Gasteiger partial charge in [-0.05, 0) is 37.6 Å². The van der Waals surface area contributed by atoms with Gasteiger partial charge in [-0.2, -0.15) is 0 Å². The summed E-state index contributed by atoms with van der Waals surface area (Å²) in [6.45, 7) is 4.72. The van der Waals surface area contributed by atoms with Gasteiger partial charge in [0, 0.05) is 22.6 Å². The van der Waals surface area contributed by atoms with Crippen molar-refractivity contribution in [2.24, 2.45) is 0 Å². The number of hydrogen-bond donors (Lipinski definition) is 1. The third-order valence-electron chi connectivity index (χ3n) is 2.51. The van der Waals surface area contributed by atoms with Gasteiger partial charge in [0.25, 0.3) is 0 Å². The number of ether oxygens (including phenoxy) is 1. The standard InChI is InChI=1S/C13H17Cl2NO2/c1-3-18-13(17)6-7-16-9(2)11-8-10(14)4-5-12(11)15/h4-5,8-9,16H,3,6-7H2,1-2H3. The zero-order valence-electron chi connectivity index (χ0n) is 10.5. The van der Waals surface area contributed by atoms with Gasteiger partial charge in [0.05, 0.1) is 13.0 Å². The first-order chi connectivity index (χ1) is 8.54. The van der Waals surface area contributed by atoms with Gasteiger partial charge in [0.1, 0.15) is 0 Å². The van der Waals surface area contributed by atoms with Crippen molar-refractivity contribution < 1.29 is 9.53 Å². The number of carbonyl (C=O) groups is 1. The molecule has 0 amide bonds. The van der Waals surface area contributed by atoms with Gasteiger partial charge in [0.15, 0.2) is 0 Å². The van der Waals surface area contributed by atoms with Crippen molar-refractivity contribution in [1.29, 1.82) is 0 Å². The highest BCUT2D eigenvalue weighted by atomic mass is 35.5. The highest BCUT2D eigenvalue weighted by molar-refractivity contribution is 6.33. The molecule has 0 saturated carbocycles. The van der Waals surface area contributed by atoms with Crippen LogP contribution in [0.3, 0.4) is 0 Å². The fraction of sp³-hybridized carbons (Fsp3) is 0.462. The molecule has 3 nitrogen and oxygen atoms in total. The predicted octanol–water partition coefficient (Wildman–Crippen LogP) is 3.60. The van der Waals surface area contributed by atoms with Crippen molar-refractivity contribution in [3.63, 3.8) is 0 Å². The first-order valence-electron chi connectivity index (χ1n) is 5.88. The summed E-state index contributed by atoms with van der Waals surface area (Å²) in [5.41, 5.74) is 0.924. The van der Waals surface area contributed by atoms with E-state index in [-0.39, 0.29) is 12.0 Å². The van der Waals surface area contributed by atoms with Crippen molar-refractivity contribution in [2.75, 3.05) is 13.2 Å². The second kappa shape index (κ2) is 7.62. The Morgan fingerprint density at radius 2 is 2.17 bits per heavy atom. The van der Waals surface area contributed by atoms with Gasteiger partial charge >= 0.3 is 5.97 Å². The topological polar surface area (TPSA) is 38.3 Å². The molecule has 0 spiro atoms. The third-order valence-corrected chi connectivity index (χ3v) is 3.09. The number of halogens is 2. The molecular weight excluding hydrogens is 273 g/mol. The normalized spacial score (nSPS) is 12.2. The van der Waals surface area contributed by atoms with Gasteiger partial charge in [0.2, 0.25) is 0 Å². The summed E-state index contributed by atoms with van der Waals surface area (Å²) in [5, 5.41) is 4.52. The number of rotatable bonds is 6. The van der Waals surface area contributed by atoms with Crippen LogP contribution in [0.25, 0.3) is 0 Å². The van der Waals surface area contributed by atoms with E-state index < -0.39 is 0 Å². The summed E-state index contributed by atoms with van der Waals surface area (Å²) in [4.78, 5) is 11.2. The molecule has 1 rings (SSSR count). The molecule has 0 fully saturated rings. The van der Waals surface area contributed by atoms with Crippen molar-refractivity contribution >= 4 is 29.2 Å². The molecule has 0 aliphatic carbocycles. The number of benzene rings is 1. The van der Waals surface area contributed by atoms with Crippen LogP contribution in [-0.2, 0) is 9.53 Å². The predicted molar refractivity (Wildman–Crippen MR) is 74.1 cm³/mol. The van der Waals surface area contributed by atoms with Crippen LogP contribution in [0.15, 0.2) is 18.2 Å². The minimum atomic E-state index is -0.200. The molecule has 0 aliphatic heterocycles. The van der Waals surface area contributed by atoms with Gasteiger partial charge in [-0.25, -0.2) is 0 Å². The van der Waals surface area contributed by atoms with Crippen molar-refractivity contribution in [2.45, 2.75) is 26.3 Å². The van der Waals surface area contributed by atoms with Gasteiger partial charge in [-0.15, -0.1) is 0 Å². The Hall–Kier alpha value is -0.770. The quantitative estimate of drug-likeness (QED) is 0.814. The second-order valence-electron chi connectivity index (χ2n) is 3.90. The van der Waals surface area contributed by atoms with Gasteiger partial charge in [-0.3, -0.25) is 4.79 Å². The molecule has 1 aromatic rings. The van der Waals surface area contributed by atoms with E-state index in [0.717, 1.165) is 5.56 Å². The molecule has 0 heterocycles. The molecule has 0 aromatic heterocycles. The number of esters is 1. The van der Waals surface area contributed by atoms with Crippen LogP contribution < -0.4 is 5.32 Å². The van der Waals surface area contributed by atoms with E-state index in [1.54, 1.807) is 19.1 Å².